The van der Waals surface area contributed by atoms with Gasteiger partial charge in [0, 0.05) is 12.5 Å². The molecule has 0 aliphatic heterocycles. The number of ketones is 1. The minimum atomic E-state index is -0.197. The highest BCUT2D eigenvalue weighted by molar-refractivity contribution is 6.12. The van der Waals surface area contributed by atoms with Crippen molar-refractivity contribution in [3.63, 3.8) is 0 Å². The van der Waals surface area contributed by atoms with E-state index < -0.39 is 0 Å². The van der Waals surface area contributed by atoms with Gasteiger partial charge in [-0.15, -0.1) is 0 Å². The summed E-state index contributed by atoms with van der Waals surface area (Å²) in [5.41, 5.74) is 1.45. The molecular weight excluding hydrogens is 190 g/mol. The van der Waals surface area contributed by atoms with Crippen LogP contribution in [0, 0.1) is 0 Å². The van der Waals surface area contributed by atoms with Crippen molar-refractivity contribution in [2.24, 2.45) is 0 Å². The standard InChI is InChI=1S/C12H13NO2/c1-8(2)12(15)10-6-4-5-7-11(10)13-9(3)14/h4-7H,1H2,2-3H3,(H,13,14). The van der Waals surface area contributed by atoms with E-state index in [-0.39, 0.29) is 11.7 Å². The van der Waals surface area contributed by atoms with Gasteiger partial charge < -0.3 is 5.32 Å². The number of benzene rings is 1. The second kappa shape index (κ2) is 4.55. The molecule has 1 aromatic rings. The zero-order chi connectivity index (χ0) is 11.4. The minimum Gasteiger partial charge on any atom is -0.326 e. The molecular formula is C12H13NO2. The first-order valence-corrected chi connectivity index (χ1v) is 4.59. The van der Waals surface area contributed by atoms with Crippen molar-refractivity contribution in [3.05, 3.63) is 42.0 Å². The molecule has 0 atom stereocenters. The van der Waals surface area contributed by atoms with E-state index >= 15 is 0 Å². The number of amides is 1. The lowest BCUT2D eigenvalue weighted by molar-refractivity contribution is -0.114. The monoisotopic (exact) mass is 203 g/mol. The Hall–Kier alpha value is -1.90. The van der Waals surface area contributed by atoms with Crippen LogP contribution in [0.3, 0.4) is 0 Å². The first-order valence-electron chi connectivity index (χ1n) is 4.59. The third-order valence-corrected chi connectivity index (χ3v) is 1.87. The molecule has 3 heteroatoms. The first kappa shape index (κ1) is 11.2. The number of hydrogen-bond donors (Lipinski definition) is 1. The number of nitrogens with one attached hydrogen (secondary N) is 1. The Kier molecular flexibility index (Phi) is 3.39. The molecule has 15 heavy (non-hydrogen) atoms. The quantitative estimate of drug-likeness (QED) is 0.605. The van der Waals surface area contributed by atoms with Gasteiger partial charge in [-0.05, 0) is 24.6 Å². The summed E-state index contributed by atoms with van der Waals surface area (Å²) in [4.78, 5) is 22.6. The molecule has 0 fully saturated rings. The van der Waals surface area contributed by atoms with Gasteiger partial charge in [-0.2, -0.15) is 0 Å². The number of para-hydroxylation sites is 1. The second-order valence-electron chi connectivity index (χ2n) is 3.34. The molecule has 1 amide bonds. The van der Waals surface area contributed by atoms with Crippen LogP contribution in [-0.2, 0) is 4.79 Å². The summed E-state index contributed by atoms with van der Waals surface area (Å²) in [7, 11) is 0. The third-order valence-electron chi connectivity index (χ3n) is 1.87. The number of hydrogen-bond acceptors (Lipinski definition) is 2. The van der Waals surface area contributed by atoms with Crippen LogP contribution in [0.2, 0.25) is 0 Å². The maximum atomic E-state index is 11.7. The molecule has 0 unspecified atom stereocenters. The molecule has 0 spiro atoms. The Morgan fingerprint density at radius 1 is 1.20 bits per heavy atom. The summed E-state index contributed by atoms with van der Waals surface area (Å²) in [6, 6.07) is 6.88. The zero-order valence-electron chi connectivity index (χ0n) is 8.83. The Bertz CT molecular complexity index is 421. The molecule has 1 rings (SSSR count). The van der Waals surface area contributed by atoms with Crippen molar-refractivity contribution in [1.29, 1.82) is 0 Å². The van der Waals surface area contributed by atoms with E-state index in [4.69, 9.17) is 0 Å². The highest BCUT2D eigenvalue weighted by atomic mass is 16.1. The molecule has 78 valence electrons. The maximum absolute atomic E-state index is 11.7. The lowest BCUT2D eigenvalue weighted by Crippen LogP contribution is -2.11. The minimum absolute atomic E-state index is 0.153. The number of carbonyl (C=O) groups is 2. The van der Waals surface area contributed by atoms with Gasteiger partial charge in [-0.1, -0.05) is 18.7 Å². The zero-order valence-corrected chi connectivity index (χ0v) is 8.83. The highest BCUT2D eigenvalue weighted by Crippen LogP contribution is 2.17. The van der Waals surface area contributed by atoms with Crippen molar-refractivity contribution in [2.75, 3.05) is 5.32 Å². The smallest absolute Gasteiger partial charge is 0.221 e. The van der Waals surface area contributed by atoms with Crippen LogP contribution in [0.5, 0.6) is 0 Å². The molecule has 0 saturated carbocycles. The summed E-state index contributed by atoms with van der Waals surface area (Å²) >= 11 is 0. The molecule has 3 nitrogen and oxygen atoms in total. The van der Waals surface area contributed by atoms with Crippen molar-refractivity contribution in [3.8, 4) is 0 Å². The molecule has 0 saturated heterocycles. The Morgan fingerprint density at radius 2 is 1.80 bits per heavy atom. The van der Waals surface area contributed by atoms with Crippen LogP contribution in [0.25, 0.3) is 0 Å². The van der Waals surface area contributed by atoms with Crippen LogP contribution >= 0.6 is 0 Å². The molecule has 0 heterocycles. The van der Waals surface area contributed by atoms with E-state index in [2.05, 4.69) is 11.9 Å². The van der Waals surface area contributed by atoms with Crippen molar-refractivity contribution in [2.45, 2.75) is 13.8 Å². The van der Waals surface area contributed by atoms with Crippen molar-refractivity contribution < 1.29 is 9.59 Å². The summed E-state index contributed by atoms with van der Waals surface area (Å²) in [5, 5.41) is 2.61. The fraction of sp³-hybridized carbons (Fsp3) is 0.167. The van der Waals surface area contributed by atoms with Crippen LogP contribution in [0.15, 0.2) is 36.4 Å². The average Bonchev–Trinajstić information content (AvgIpc) is 2.16. The fourth-order valence-electron chi connectivity index (χ4n) is 1.21. The van der Waals surface area contributed by atoms with Gasteiger partial charge >= 0.3 is 0 Å². The molecule has 0 radical (unpaired) electrons. The molecule has 0 aromatic heterocycles. The number of carbonyl (C=O) groups excluding carboxylic acids is 2. The van der Waals surface area contributed by atoms with E-state index in [0.717, 1.165) is 0 Å². The fourth-order valence-corrected chi connectivity index (χ4v) is 1.21. The van der Waals surface area contributed by atoms with Gasteiger partial charge in [0.1, 0.15) is 0 Å². The molecule has 0 aliphatic carbocycles. The Balaban J connectivity index is 3.11. The van der Waals surface area contributed by atoms with E-state index in [9.17, 15) is 9.59 Å². The number of Topliss-reactive ketones (excluding diaryl/α,β-unsaturated/α-hetero) is 1. The highest BCUT2D eigenvalue weighted by Gasteiger charge is 2.11. The van der Waals surface area contributed by atoms with Crippen LogP contribution in [-0.4, -0.2) is 11.7 Å². The predicted molar refractivity (Wildman–Crippen MR) is 59.9 cm³/mol. The summed E-state index contributed by atoms with van der Waals surface area (Å²) in [6.07, 6.45) is 0. The Labute approximate surface area is 88.8 Å². The molecule has 1 N–H and O–H groups in total. The lowest BCUT2D eigenvalue weighted by Gasteiger charge is -2.08. The van der Waals surface area contributed by atoms with Gasteiger partial charge in [0.05, 0.1) is 5.69 Å². The summed E-state index contributed by atoms with van der Waals surface area (Å²) in [6.45, 7) is 6.64. The normalized spacial score (nSPS) is 9.47. The maximum Gasteiger partial charge on any atom is 0.221 e. The number of anilines is 1. The summed E-state index contributed by atoms with van der Waals surface area (Å²) in [5.74, 6) is -0.351. The van der Waals surface area contributed by atoms with E-state index in [1.54, 1.807) is 31.2 Å². The van der Waals surface area contributed by atoms with Crippen molar-refractivity contribution >= 4 is 17.4 Å². The van der Waals surface area contributed by atoms with Gasteiger partial charge in [0.15, 0.2) is 5.78 Å². The van der Waals surface area contributed by atoms with Gasteiger partial charge in [0.25, 0.3) is 0 Å². The van der Waals surface area contributed by atoms with E-state index in [1.165, 1.54) is 6.92 Å². The summed E-state index contributed by atoms with van der Waals surface area (Å²) < 4.78 is 0. The first-order chi connectivity index (χ1) is 7.02. The third kappa shape index (κ3) is 2.77. The average molecular weight is 203 g/mol. The van der Waals surface area contributed by atoms with Crippen LogP contribution < -0.4 is 5.32 Å². The molecule has 0 bridgehead atoms. The largest absolute Gasteiger partial charge is 0.326 e. The van der Waals surface area contributed by atoms with Gasteiger partial charge in [-0.25, -0.2) is 0 Å². The van der Waals surface area contributed by atoms with Gasteiger partial charge in [-0.3, -0.25) is 9.59 Å². The number of rotatable bonds is 3. The number of allylic oxidation sites excluding steroid dienone is 1. The predicted octanol–water partition coefficient (Wildman–Crippen LogP) is 2.40. The van der Waals surface area contributed by atoms with E-state index in [1.807, 2.05) is 0 Å². The lowest BCUT2D eigenvalue weighted by atomic mass is 10.0. The van der Waals surface area contributed by atoms with E-state index in [0.29, 0.717) is 16.8 Å². The van der Waals surface area contributed by atoms with Crippen LogP contribution in [0.1, 0.15) is 24.2 Å². The second-order valence-corrected chi connectivity index (χ2v) is 3.34. The van der Waals surface area contributed by atoms with Gasteiger partial charge in [0.2, 0.25) is 5.91 Å². The van der Waals surface area contributed by atoms with Crippen LogP contribution in [0.4, 0.5) is 5.69 Å². The molecule has 0 aliphatic rings. The topological polar surface area (TPSA) is 46.2 Å². The Morgan fingerprint density at radius 3 is 2.33 bits per heavy atom. The van der Waals surface area contributed by atoms with Crippen molar-refractivity contribution in [1.82, 2.24) is 0 Å². The molecule has 1 aromatic carbocycles. The SMILES string of the molecule is C=C(C)C(=O)c1ccccc1NC(C)=O.